The lowest BCUT2D eigenvalue weighted by Gasteiger charge is -2.32. The molecule has 1 amide bonds. The molecule has 3 aromatic heterocycles. The minimum atomic E-state index is -0.289. The Balaban J connectivity index is 1.27. The molecule has 0 saturated heterocycles. The summed E-state index contributed by atoms with van der Waals surface area (Å²) in [6.45, 7) is 4.08. The fourth-order valence-electron chi connectivity index (χ4n) is 5.70. The van der Waals surface area contributed by atoms with E-state index < -0.39 is 0 Å². The molecule has 2 aromatic carbocycles. The van der Waals surface area contributed by atoms with Crippen LogP contribution in [0.4, 0.5) is 0 Å². The number of aryl methyl sites for hydroxylation is 2. The average Bonchev–Trinajstić information content (AvgIpc) is 3.51. The van der Waals surface area contributed by atoms with Crippen molar-refractivity contribution in [3.05, 3.63) is 88.0 Å². The highest BCUT2D eigenvalue weighted by atomic mass is 35.5. The van der Waals surface area contributed by atoms with Crippen LogP contribution in [0, 0.1) is 12.3 Å². The fourth-order valence-corrected chi connectivity index (χ4v) is 5.98. The number of pyridine rings is 1. The van der Waals surface area contributed by atoms with E-state index in [1.54, 1.807) is 54.3 Å². The molecule has 1 atom stereocenters. The number of amides is 1. The smallest absolute Gasteiger partial charge is 0.251 e. The number of fused-ring (bicyclic) bond motifs is 4. The van der Waals surface area contributed by atoms with Crippen LogP contribution in [0.2, 0.25) is 5.02 Å². The zero-order valence-electron chi connectivity index (χ0n) is 22.0. The number of hydrogen-bond acceptors (Lipinski definition) is 5. The summed E-state index contributed by atoms with van der Waals surface area (Å²) in [5.41, 5.74) is 6.67. The van der Waals surface area contributed by atoms with Crippen LogP contribution < -0.4 is 5.32 Å². The molecule has 3 heterocycles. The number of Topliss-reactive ketones (excluding diaryl/α,β-unsaturated/α-hetero) is 1. The number of aromatic nitrogens is 4. The molecule has 5 aromatic rings. The fraction of sp³-hybridized carbons (Fsp3) is 0.267. The molecular formula is C30H28ClN5O3. The molecule has 1 aliphatic carbocycles. The first-order valence-electron chi connectivity index (χ1n) is 12.9. The second-order valence-corrected chi connectivity index (χ2v) is 11.1. The molecule has 198 valence electrons. The predicted molar refractivity (Wildman–Crippen MR) is 150 cm³/mol. The normalized spacial score (nSPS) is 16.9. The summed E-state index contributed by atoms with van der Waals surface area (Å²) < 4.78 is 3.66. The monoisotopic (exact) mass is 541 g/mol. The van der Waals surface area contributed by atoms with Crippen molar-refractivity contribution in [2.75, 3.05) is 7.05 Å². The minimum absolute atomic E-state index is 0.0215. The Bertz CT molecular complexity index is 1800. The van der Waals surface area contributed by atoms with E-state index in [0.717, 1.165) is 52.0 Å². The van der Waals surface area contributed by atoms with Gasteiger partial charge in [-0.1, -0.05) is 18.5 Å². The maximum atomic E-state index is 13.5. The van der Waals surface area contributed by atoms with E-state index in [2.05, 4.69) is 17.2 Å². The third-order valence-corrected chi connectivity index (χ3v) is 8.16. The quantitative estimate of drug-likeness (QED) is 0.287. The molecule has 39 heavy (non-hydrogen) atoms. The van der Waals surface area contributed by atoms with Crippen molar-refractivity contribution >= 4 is 39.8 Å². The van der Waals surface area contributed by atoms with Gasteiger partial charge in [0.25, 0.3) is 5.91 Å². The van der Waals surface area contributed by atoms with Crippen LogP contribution in [0.1, 0.15) is 57.4 Å². The molecule has 0 unspecified atom stereocenters. The predicted octanol–water partition coefficient (Wildman–Crippen LogP) is 5.47. The third-order valence-electron chi connectivity index (χ3n) is 7.85. The minimum Gasteiger partial charge on any atom is -0.506 e. The van der Waals surface area contributed by atoms with E-state index in [0.29, 0.717) is 29.0 Å². The first-order valence-corrected chi connectivity index (χ1v) is 13.3. The summed E-state index contributed by atoms with van der Waals surface area (Å²) >= 11 is 6.67. The van der Waals surface area contributed by atoms with Crippen LogP contribution in [-0.2, 0) is 12.8 Å². The first kappa shape index (κ1) is 25.1. The zero-order chi connectivity index (χ0) is 27.5. The average molecular weight is 542 g/mol. The molecule has 0 aliphatic heterocycles. The van der Waals surface area contributed by atoms with Crippen molar-refractivity contribution in [1.29, 1.82) is 0 Å². The number of nitrogens with zero attached hydrogens (tertiary/aromatic N) is 4. The number of nitrogens with one attached hydrogen (secondary N) is 1. The topological polar surface area (TPSA) is 102 Å². The molecule has 0 saturated carbocycles. The molecule has 9 heteroatoms. The standard InChI is InChI=1S/C30H28ClN5O3/c1-17-4-9-26(37)28-21-14-30(2,11-10-23(21)34-36(17)28)15-27(38)20-7-6-19(13-22(20)31)35-16-33-24-8-5-18(12-25(24)35)29(39)32-3/h4-9,12-13,16,37H,10-11,14-15H2,1-3H3,(H,32,39)/t30-/m1/s1. The largest absolute Gasteiger partial charge is 0.506 e. The Kier molecular flexibility index (Phi) is 5.95. The van der Waals surface area contributed by atoms with Crippen LogP contribution in [0.25, 0.3) is 22.2 Å². The van der Waals surface area contributed by atoms with Crippen molar-refractivity contribution in [1.82, 2.24) is 24.5 Å². The molecule has 0 bridgehead atoms. The summed E-state index contributed by atoms with van der Waals surface area (Å²) in [6, 6.07) is 14.2. The van der Waals surface area contributed by atoms with Gasteiger partial charge in [-0.2, -0.15) is 5.10 Å². The molecule has 0 fully saturated rings. The highest BCUT2D eigenvalue weighted by Gasteiger charge is 2.36. The molecule has 8 nitrogen and oxygen atoms in total. The summed E-state index contributed by atoms with van der Waals surface area (Å²) in [6.07, 6.45) is 4.23. The Morgan fingerprint density at radius 3 is 2.74 bits per heavy atom. The Hall–Kier alpha value is -4.17. The second-order valence-electron chi connectivity index (χ2n) is 10.7. The van der Waals surface area contributed by atoms with Crippen molar-refractivity contribution in [2.24, 2.45) is 5.41 Å². The van der Waals surface area contributed by atoms with Crippen LogP contribution in [0.15, 0.2) is 54.9 Å². The molecule has 0 radical (unpaired) electrons. The Morgan fingerprint density at radius 1 is 1.15 bits per heavy atom. The van der Waals surface area contributed by atoms with E-state index >= 15 is 0 Å². The Morgan fingerprint density at radius 2 is 1.97 bits per heavy atom. The van der Waals surface area contributed by atoms with Gasteiger partial charge in [-0.3, -0.25) is 14.2 Å². The van der Waals surface area contributed by atoms with Crippen LogP contribution >= 0.6 is 11.6 Å². The van der Waals surface area contributed by atoms with Gasteiger partial charge in [0.15, 0.2) is 5.78 Å². The number of aromatic hydroxyl groups is 1. The van der Waals surface area contributed by atoms with Crippen molar-refractivity contribution in [2.45, 2.75) is 39.5 Å². The number of benzene rings is 2. The number of carbonyl (C=O) groups is 2. The summed E-state index contributed by atoms with van der Waals surface area (Å²) in [5, 5.41) is 18.3. The highest BCUT2D eigenvalue weighted by Crippen LogP contribution is 2.42. The van der Waals surface area contributed by atoms with Crippen LogP contribution in [0.3, 0.4) is 0 Å². The van der Waals surface area contributed by atoms with Crippen molar-refractivity contribution in [3.8, 4) is 11.4 Å². The third kappa shape index (κ3) is 4.25. The van der Waals surface area contributed by atoms with E-state index in [-0.39, 0.29) is 22.9 Å². The van der Waals surface area contributed by atoms with Crippen molar-refractivity contribution in [3.63, 3.8) is 0 Å². The molecule has 2 N–H and O–H groups in total. The lowest BCUT2D eigenvalue weighted by atomic mass is 9.71. The molecule has 6 rings (SSSR count). The van der Waals surface area contributed by atoms with Gasteiger partial charge in [0.1, 0.15) is 17.6 Å². The number of rotatable bonds is 5. The number of carbonyl (C=O) groups excluding carboxylic acids is 2. The lowest BCUT2D eigenvalue weighted by Crippen LogP contribution is -2.28. The van der Waals surface area contributed by atoms with E-state index in [4.69, 9.17) is 16.7 Å². The van der Waals surface area contributed by atoms with Gasteiger partial charge in [0.2, 0.25) is 0 Å². The summed E-state index contributed by atoms with van der Waals surface area (Å²) in [4.78, 5) is 30.1. The Labute approximate surface area is 230 Å². The van der Waals surface area contributed by atoms with Crippen LogP contribution in [0.5, 0.6) is 5.75 Å². The van der Waals surface area contributed by atoms with Gasteiger partial charge >= 0.3 is 0 Å². The number of hydrogen-bond donors (Lipinski definition) is 2. The molecule has 0 spiro atoms. The molecule has 1 aliphatic rings. The van der Waals surface area contributed by atoms with Crippen molar-refractivity contribution < 1.29 is 14.7 Å². The van der Waals surface area contributed by atoms with Gasteiger partial charge in [-0.05, 0) is 80.1 Å². The lowest BCUT2D eigenvalue weighted by molar-refractivity contribution is 0.0907. The van der Waals surface area contributed by atoms with E-state index in [1.165, 1.54) is 0 Å². The summed E-state index contributed by atoms with van der Waals surface area (Å²) in [5.74, 6) is 0.00576. The molecular weight excluding hydrogens is 514 g/mol. The highest BCUT2D eigenvalue weighted by molar-refractivity contribution is 6.34. The van der Waals surface area contributed by atoms with Gasteiger partial charge in [0.05, 0.1) is 21.7 Å². The first-order chi connectivity index (χ1) is 18.7. The van der Waals surface area contributed by atoms with Gasteiger partial charge < -0.3 is 10.4 Å². The maximum Gasteiger partial charge on any atom is 0.251 e. The van der Waals surface area contributed by atoms with E-state index in [9.17, 15) is 14.7 Å². The van der Waals surface area contributed by atoms with E-state index in [1.807, 2.05) is 23.6 Å². The SMILES string of the molecule is CNC(=O)c1ccc2ncn(-c3ccc(C(=O)C[C@]4(C)CCc5nn6c(C)ccc(O)c6c5C4)c(Cl)c3)c2c1. The number of ketones is 1. The number of halogens is 1. The number of imidazole rings is 1. The van der Waals surface area contributed by atoms with Crippen LogP contribution in [-0.4, -0.2) is 43.0 Å². The summed E-state index contributed by atoms with van der Waals surface area (Å²) in [7, 11) is 1.59. The van der Waals surface area contributed by atoms with Gasteiger partial charge in [-0.15, -0.1) is 0 Å². The maximum absolute atomic E-state index is 13.5. The van der Waals surface area contributed by atoms with Gasteiger partial charge in [-0.25, -0.2) is 9.50 Å². The van der Waals surface area contributed by atoms with Gasteiger partial charge in [0, 0.05) is 41.5 Å². The second kappa shape index (κ2) is 9.24. The zero-order valence-corrected chi connectivity index (χ0v) is 22.7.